The van der Waals surface area contributed by atoms with Crippen LogP contribution in [0.4, 0.5) is 0 Å². The van der Waals surface area contributed by atoms with Crippen LogP contribution in [0.3, 0.4) is 0 Å². The molecule has 1 saturated carbocycles. The number of nitrogens with zero attached hydrogens (tertiary/aromatic N) is 1. The molecule has 1 heterocycles. The first-order valence-electron chi connectivity index (χ1n) is 8.48. The number of H-pyrrole nitrogens is 1. The topological polar surface area (TPSA) is 49.8 Å². The van der Waals surface area contributed by atoms with Gasteiger partial charge in [0.1, 0.15) is 0 Å². The smallest absolute Gasteiger partial charge is 0.306 e. The van der Waals surface area contributed by atoms with Gasteiger partial charge >= 0.3 is 5.69 Å². The lowest BCUT2D eigenvalue weighted by atomic mass is 10.1. The Morgan fingerprint density at radius 1 is 1.38 bits per heavy atom. The zero-order valence-electron chi connectivity index (χ0n) is 14.1. The summed E-state index contributed by atoms with van der Waals surface area (Å²) in [7, 11) is -0.0980. The van der Waals surface area contributed by atoms with Gasteiger partial charge in [0, 0.05) is 10.4 Å². The van der Waals surface area contributed by atoms with Crippen LogP contribution in [0.2, 0.25) is 0 Å². The van der Waals surface area contributed by atoms with Crippen LogP contribution in [0, 0.1) is 0 Å². The number of nitrogens with one attached hydrogen (secondary N) is 2. The Morgan fingerprint density at radius 2 is 2.21 bits per heavy atom. The van der Waals surface area contributed by atoms with Crippen LogP contribution in [0.1, 0.15) is 39.2 Å². The Balaban J connectivity index is 1.78. The fourth-order valence-corrected chi connectivity index (χ4v) is 4.83. The molecule has 2 aliphatic rings. The predicted molar refractivity (Wildman–Crippen MR) is 103 cm³/mol. The number of hydrogen-bond donors (Lipinski definition) is 2. The molecule has 5 heteroatoms. The summed E-state index contributed by atoms with van der Waals surface area (Å²) in [5, 5.41) is 2.23. The third-order valence-corrected chi connectivity index (χ3v) is 6.77. The average molecular weight is 341 g/mol. The van der Waals surface area contributed by atoms with Crippen LogP contribution in [-0.4, -0.2) is 20.5 Å². The van der Waals surface area contributed by atoms with Gasteiger partial charge in [0.05, 0.1) is 17.1 Å². The largest absolute Gasteiger partial charge is 0.327 e. The molecule has 2 atom stereocenters. The van der Waals surface area contributed by atoms with Crippen molar-refractivity contribution in [3.63, 3.8) is 0 Å². The fraction of sp³-hybridized carbons (Fsp3) is 0.368. The Hall–Kier alpha value is -1.85. The lowest BCUT2D eigenvalue weighted by molar-refractivity contribution is 0.604. The second-order valence-electron chi connectivity index (χ2n) is 6.83. The van der Waals surface area contributed by atoms with Gasteiger partial charge in [-0.25, -0.2) is 4.79 Å². The van der Waals surface area contributed by atoms with Crippen molar-refractivity contribution in [2.24, 2.45) is 0 Å². The van der Waals surface area contributed by atoms with Gasteiger partial charge in [0.15, 0.2) is 0 Å². The third-order valence-electron chi connectivity index (χ3n) is 4.82. The van der Waals surface area contributed by atoms with E-state index in [1.54, 1.807) is 0 Å². The van der Waals surface area contributed by atoms with Gasteiger partial charge in [-0.2, -0.15) is 0 Å². The Morgan fingerprint density at radius 3 is 2.88 bits per heavy atom. The molecule has 126 valence electrons. The molecule has 0 amide bonds. The van der Waals surface area contributed by atoms with Crippen LogP contribution in [0.5, 0.6) is 0 Å². The monoisotopic (exact) mass is 341 g/mol. The van der Waals surface area contributed by atoms with Crippen LogP contribution >= 0.6 is 10.7 Å². The maximum atomic E-state index is 12.5. The highest BCUT2D eigenvalue weighted by atomic mass is 32.2. The molecule has 4 nitrogen and oxygen atoms in total. The predicted octanol–water partition coefficient (Wildman–Crippen LogP) is 3.89. The van der Waals surface area contributed by atoms with E-state index in [9.17, 15) is 4.79 Å². The Labute approximate surface area is 144 Å². The van der Waals surface area contributed by atoms with Crippen LogP contribution < -0.4 is 10.4 Å². The minimum Gasteiger partial charge on any atom is -0.306 e. The second kappa shape index (κ2) is 5.90. The molecule has 2 aromatic rings. The summed E-state index contributed by atoms with van der Waals surface area (Å²) in [6.45, 7) is 4.38. The molecule has 4 rings (SSSR count). The summed E-state index contributed by atoms with van der Waals surface area (Å²) >= 11 is 0. The van der Waals surface area contributed by atoms with Crippen molar-refractivity contribution in [1.29, 1.82) is 0 Å². The van der Waals surface area contributed by atoms with E-state index in [2.05, 4.69) is 53.2 Å². The van der Waals surface area contributed by atoms with Gasteiger partial charge < -0.3 is 4.98 Å². The standard InChI is InChI=1S/C19H23N3OS/c1-3-24(21-19(2)11-12-19)15-9-10-16-17(13-15)22(18(23)20-16)14-7-5-4-6-8-14/h3-7,9-10,13-14,21H,8,11-12H2,1-2H3,(H,20,23). The Bertz CT molecular complexity index is 928. The van der Waals surface area contributed by atoms with Crippen molar-refractivity contribution in [2.45, 2.75) is 49.6 Å². The van der Waals surface area contributed by atoms with E-state index in [-0.39, 0.29) is 27.9 Å². The zero-order valence-corrected chi connectivity index (χ0v) is 14.9. The lowest BCUT2D eigenvalue weighted by Gasteiger charge is -2.18. The molecule has 24 heavy (non-hydrogen) atoms. The molecule has 0 bridgehead atoms. The number of allylic oxidation sites excluding steroid dienone is 4. The van der Waals surface area contributed by atoms with Crippen molar-refractivity contribution >= 4 is 27.1 Å². The van der Waals surface area contributed by atoms with Crippen molar-refractivity contribution in [1.82, 2.24) is 14.3 Å². The van der Waals surface area contributed by atoms with Gasteiger partial charge in [-0.05, 0) is 56.7 Å². The van der Waals surface area contributed by atoms with E-state index in [1.165, 1.54) is 17.7 Å². The maximum Gasteiger partial charge on any atom is 0.327 e. The van der Waals surface area contributed by atoms with E-state index in [1.807, 2.05) is 22.8 Å². The van der Waals surface area contributed by atoms with Gasteiger partial charge in [-0.15, -0.1) is 0 Å². The van der Waals surface area contributed by atoms with Crippen molar-refractivity contribution < 1.29 is 0 Å². The van der Waals surface area contributed by atoms with Gasteiger partial charge in [0.25, 0.3) is 0 Å². The van der Waals surface area contributed by atoms with Crippen molar-refractivity contribution in [3.05, 3.63) is 53.0 Å². The molecule has 1 aromatic heterocycles. The summed E-state index contributed by atoms with van der Waals surface area (Å²) in [4.78, 5) is 16.7. The average Bonchev–Trinajstić information content (AvgIpc) is 3.23. The minimum absolute atomic E-state index is 0.0328. The van der Waals surface area contributed by atoms with Crippen LogP contribution in [0.15, 0.2) is 52.2 Å². The molecular formula is C19H23N3OS. The number of hydrogen-bond acceptors (Lipinski definition) is 2. The SMILES string of the molecule is C/C=S(/NC1(C)CC1)c1ccc2[nH]c(=O)n(C3C=CC=CC3)c2c1. The maximum absolute atomic E-state index is 12.5. The molecule has 0 spiro atoms. The summed E-state index contributed by atoms with van der Waals surface area (Å²) < 4.78 is 5.64. The fourth-order valence-electron chi connectivity index (χ4n) is 3.14. The van der Waals surface area contributed by atoms with Gasteiger partial charge in [-0.1, -0.05) is 35.0 Å². The number of benzene rings is 1. The van der Waals surface area contributed by atoms with Crippen molar-refractivity contribution in [2.75, 3.05) is 0 Å². The molecule has 0 radical (unpaired) electrons. The molecule has 2 unspecified atom stereocenters. The number of rotatable bonds is 4. The molecule has 0 saturated heterocycles. The molecule has 2 aliphatic carbocycles. The number of aromatic amines is 1. The summed E-state index contributed by atoms with van der Waals surface area (Å²) in [6.07, 6.45) is 11.6. The van der Waals surface area contributed by atoms with Crippen LogP contribution in [0.25, 0.3) is 11.0 Å². The molecular weight excluding hydrogens is 318 g/mol. The summed E-state index contributed by atoms with van der Waals surface area (Å²) in [6, 6.07) is 6.42. The summed E-state index contributed by atoms with van der Waals surface area (Å²) in [5.74, 6) is 0. The minimum atomic E-state index is -0.0980. The lowest BCUT2D eigenvalue weighted by Crippen LogP contribution is -2.22. The molecule has 2 N–H and O–H groups in total. The van der Waals surface area contributed by atoms with E-state index in [4.69, 9.17) is 0 Å². The van der Waals surface area contributed by atoms with E-state index < -0.39 is 0 Å². The number of aromatic nitrogens is 2. The molecule has 0 aliphatic heterocycles. The first-order valence-corrected chi connectivity index (χ1v) is 9.76. The first-order chi connectivity index (χ1) is 11.6. The zero-order chi connectivity index (χ0) is 16.7. The highest BCUT2D eigenvalue weighted by molar-refractivity contribution is 8.13. The van der Waals surface area contributed by atoms with E-state index in [0.717, 1.165) is 17.5 Å². The quantitative estimate of drug-likeness (QED) is 0.829. The van der Waals surface area contributed by atoms with E-state index >= 15 is 0 Å². The normalized spacial score (nSPS) is 23.0. The second-order valence-corrected chi connectivity index (χ2v) is 8.65. The number of imidazole rings is 1. The van der Waals surface area contributed by atoms with E-state index in [0.29, 0.717) is 0 Å². The number of fused-ring (bicyclic) bond motifs is 1. The third kappa shape index (κ3) is 2.82. The molecule has 1 fully saturated rings. The Kier molecular flexibility index (Phi) is 3.85. The van der Waals surface area contributed by atoms with Crippen molar-refractivity contribution in [3.8, 4) is 0 Å². The molecule has 1 aromatic carbocycles. The first kappa shape index (κ1) is 15.7. The van der Waals surface area contributed by atoms with Gasteiger partial charge in [-0.3, -0.25) is 9.29 Å². The summed E-state index contributed by atoms with van der Waals surface area (Å²) in [5.41, 5.74) is 2.14. The highest BCUT2D eigenvalue weighted by Crippen LogP contribution is 2.40. The highest BCUT2D eigenvalue weighted by Gasteiger charge is 2.37. The van der Waals surface area contributed by atoms with Gasteiger partial charge in [0.2, 0.25) is 0 Å². The van der Waals surface area contributed by atoms with Crippen LogP contribution in [-0.2, 0) is 0 Å².